The largest absolute Gasteiger partial charge is 0.459 e. The Morgan fingerprint density at radius 3 is 2.17 bits per heavy atom. The number of ether oxygens (including phenoxy) is 2. The molecule has 2 aliphatic rings. The molecule has 0 aromatic heterocycles. The molecule has 0 saturated heterocycles. The molecule has 2 saturated carbocycles. The summed E-state index contributed by atoms with van der Waals surface area (Å²) in [5.74, 6) is 0.556. The summed E-state index contributed by atoms with van der Waals surface area (Å²) in [6, 6.07) is 7.70. The molecule has 1 aromatic rings. The molecule has 2 aliphatic carbocycles. The van der Waals surface area contributed by atoms with E-state index in [4.69, 9.17) is 9.47 Å². The van der Waals surface area contributed by atoms with E-state index in [1.165, 1.54) is 51.4 Å². The highest BCUT2D eigenvalue weighted by molar-refractivity contribution is 5.89. The Labute approximate surface area is 145 Å². The zero-order valence-electron chi connectivity index (χ0n) is 14.7. The lowest BCUT2D eigenvalue weighted by Gasteiger charge is -2.22. The van der Waals surface area contributed by atoms with Crippen molar-refractivity contribution < 1.29 is 14.3 Å². The van der Waals surface area contributed by atoms with E-state index in [-0.39, 0.29) is 12.1 Å². The first-order valence-corrected chi connectivity index (χ1v) is 9.69. The maximum atomic E-state index is 12.2. The molecule has 2 fully saturated rings. The summed E-state index contributed by atoms with van der Waals surface area (Å²) < 4.78 is 11.5. The molecule has 3 nitrogen and oxygen atoms in total. The summed E-state index contributed by atoms with van der Waals surface area (Å²) in [6.07, 6.45) is 12.5. The van der Waals surface area contributed by atoms with E-state index >= 15 is 0 Å². The van der Waals surface area contributed by atoms with Gasteiger partial charge in [0.15, 0.2) is 0 Å². The van der Waals surface area contributed by atoms with Crippen molar-refractivity contribution in [3.8, 4) is 0 Å². The van der Waals surface area contributed by atoms with Crippen LogP contribution in [0.15, 0.2) is 24.3 Å². The van der Waals surface area contributed by atoms with Crippen LogP contribution < -0.4 is 0 Å². The summed E-state index contributed by atoms with van der Waals surface area (Å²) in [4.78, 5) is 12.2. The van der Waals surface area contributed by atoms with E-state index in [1.807, 2.05) is 24.3 Å². The molecule has 0 bridgehead atoms. The summed E-state index contributed by atoms with van der Waals surface area (Å²) >= 11 is 0. The van der Waals surface area contributed by atoms with Gasteiger partial charge in [0.25, 0.3) is 0 Å². The molecule has 0 radical (unpaired) electrons. The smallest absolute Gasteiger partial charge is 0.338 e. The maximum absolute atomic E-state index is 12.2. The minimum absolute atomic E-state index is 0.116. The quantitative estimate of drug-likeness (QED) is 0.666. The standard InChI is InChI=1S/C21H30O3/c22-21(24-20-9-5-2-6-10-20)19-13-11-18(12-14-19)16-23-15-17-7-3-1-4-8-17/h11-14,17,20H,1-10,15-16H2. The Balaban J connectivity index is 1.41. The number of hydrogen-bond acceptors (Lipinski definition) is 3. The first-order valence-electron chi connectivity index (χ1n) is 9.69. The van der Waals surface area contributed by atoms with Crippen molar-refractivity contribution in [2.24, 2.45) is 5.92 Å². The average Bonchev–Trinajstić information content (AvgIpc) is 2.64. The van der Waals surface area contributed by atoms with Crippen molar-refractivity contribution in [1.29, 1.82) is 0 Å². The molecule has 3 heteroatoms. The van der Waals surface area contributed by atoms with Gasteiger partial charge in [-0.2, -0.15) is 0 Å². The van der Waals surface area contributed by atoms with Crippen molar-refractivity contribution in [3.05, 3.63) is 35.4 Å². The van der Waals surface area contributed by atoms with Gasteiger partial charge >= 0.3 is 5.97 Å². The van der Waals surface area contributed by atoms with Gasteiger partial charge in [-0.25, -0.2) is 4.79 Å². The van der Waals surface area contributed by atoms with Gasteiger partial charge in [0.1, 0.15) is 6.10 Å². The lowest BCUT2D eigenvalue weighted by molar-refractivity contribution is 0.0211. The van der Waals surface area contributed by atoms with Crippen LogP contribution in [-0.2, 0) is 16.1 Å². The van der Waals surface area contributed by atoms with Crippen LogP contribution in [0.4, 0.5) is 0 Å². The minimum Gasteiger partial charge on any atom is -0.459 e. The number of esters is 1. The van der Waals surface area contributed by atoms with Crippen LogP contribution in [0.3, 0.4) is 0 Å². The van der Waals surface area contributed by atoms with Gasteiger partial charge in [0, 0.05) is 6.61 Å². The molecule has 132 valence electrons. The highest BCUT2D eigenvalue weighted by atomic mass is 16.5. The van der Waals surface area contributed by atoms with E-state index < -0.39 is 0 Å². The van der Waals surface area contributed by atoms with E-state index in [9.17, 15) is 4.79 Å². The normalized spacial score (nSPS) is 20.0. The first kappa shape index (κ1) is 17.5. The molecule has 0 aliphatic heterocycles. The van der Waals surface area contributed by atoms with Crippen molar-refractivity contribution >= 4 is 5.97 Å². The third kappa shape index (κ3) is 5.34. The van der Waals surface area contributed by atoms with E-state index in [1.54, 1.807) is 0 Å². The van der Waals surface area contributed by atoms with Gasteiger partial charge in [-0.3, -0.25) is 0 Å². The fourth-order valence-electron chi connectivity index (χ4n) is 3.84. The number of hydrogen-bond donors (Lipinski definition) is 0. The first-order chi connectivity index (χ1) is 11.8. The van der Waals surface area contributed by atoms with Gasteiger partial charge in [-0.1, -0.05) is 37.8 Å². The lowest BCUT2D eigenvalue weighted by atomic mass is 9.90. The van der Waals surface area contributed by atoms with Crippen LogP contribution in [-0.4, -0.2) is 18.7 Å². The average molecular weight is 330 g/mol. The highest BCUT2D eigenvalue weighted by Gasteiger charge is 2.18. The van der Waals surface area contributed by atoms with Gasteiger partial charge in [0.05, 0.1) is 12.2 Å². The summed E-state index contributed by atoms with van der Waals surface area (Å²) in [6.45, 7) is 1.50. The number of carbonyl (C=O) groups is 1. The third-order valence-corrected chi connectivity index (χ3v) is 5.36. The van der Waals surface area contributed by atoms with E-state index in [0.29, 0.717) is 12.2 Å². The van der Waals surface area contributed by atoms with Crippen LogP contribution >= 0.6 is 0 Å². The highest BCUT2D eigenvalue weighted by Crippen LogP contribution is 2.24. The van der Waals surface area contributed by atoms with Crippen molar-refractivity contribution in [2.75, 3.05) is 6.61 Å². The van der Waals surface area contributed by atoms with E-state index in [0.717, 1.165) is 30.9 Å². The predicted molar refractivity (Wildman–Crippen MR) is 95.0 cm³/mol. The molecule has 24 heavy (non-hydrogen) atoms. The van der Waals surface area contributed by atoms with Crippen molar-refractivity contribution in [2.45, 2.75) is 76.9 Å². The van der Waals surface area contributed by atoms with Gasteiger partial charge in [-0.15, -0.1) is 0 Å². The van der Waals surface area contributed by atoms with Gasteiger partial charge in [0.2, 0.25) is 0 Å². The Bertz CT molecular complexity index is 496. The van der Waals surface area contributed by atoms with E-state index in [2.05, 4.69) is 0 Å². The number of benzene rings is 1. The Kier molecular flexibility index (Phi) is 6.71. The van der Waals surface area contributed by atoms with Crippen molar-refractivity contribution in [3.63, 3.8) is 0 Å². The lowest BCUT2D eigenvalue weighted by Crippen LogP contribution is -2.20. The molecule has 0 unspecified atom stereocenters. The van der Waals surface area contributed by atoms with Crippen LogP contribution in [0, 0.1) is 5.92 Å². The molecule has 0 amide bonds. The third-order valence-electron chi connectivity index (χ3n) is 5.36. The predicted octanol–water partition coefficient (Wildman–Crippen LogP) is 5.27. The number of rotatable bonds is 6. The SMILES string of the molecule is O=C(OC1CCCCC1)c1ccc(COCC2CCCCC2)cc1. The minimum atomic E-state index is -0.184. The molecule has 0 spiro atoms. The van der Waals surface area contributed by atoms with Crippen LogP contribution in [0.1, 0.15) is 80.1 Å². The second-order valence-corrected chi connectivity index (χ2v) is 7.38. The molecule has 0 N–H and O–H groups in total. The van der Waals surface area contributed by atoms with Crippen LogP contribution in [0.5, 0.6) is 0 Å². The topological polar surface area (TPSA) is 35.5 Å². The number of carbonyl (C=O) groups excluding carboxylic acids is 1. The molecular formula is C21H30O3. The molecule has 1 aromatic carbocycles. The van der Waals surface area contributed by atoms with Crippen molar-refractivity contribution in [1.82, 2.24) is 0 Å². The molecular weight excluding hydrogens is 300 g/mol. The molecule has 3 rings (SSSR count). The maximum Gasteiger partial charge on any atom is 0.338 e. The van der Waals surface area contributed by atoms with Crippen LogP contribution in [0.25, 0.3) is 0 Å². The zero-order chi connectivity index (χ0) is 16.6. The molecule has 0 heterocycles. The Hall–Kier alpha value is -1.35. The monoisotopic (exact) mass is 330 g/mol. The fourth-order valence-corrected chi connectivity index (χ4v) is 3.84. The van der Waals surface area contributed by atoms with Crippen LogP contribution in [0.2, 0.25) is 0 Å². The zero-order valence-corrected chi connectivity index (χ0v) is 14.7. The summed E-state index contributed by atoms with van der Waals surface area (Å²) in [7, 11) is 0. The second kappa shape index (κ2) is 9.22. The Morgan fingerprint density at radius 2 is 1.50 bits per heavy atom. The fraction of sp³-hybridized carbons (Fsp3) is 0.667. The van der Waals surface area contributed by atoms with Gasteiger partial charge < -0.3 is 9.47 Å². The van der Waals surface area contributed by atoms with Gasteiger partial charge in [-0.05, 0) is 62.1 Å². The Morgan fingerprint density at radius 1 is 0.875 bits per heavy atom. The second-order valence-electron chi connectivity index (χ2n) is 7.38. The molecule has 0 atom stereocenters. The summed E-state index contributed by atoms with van der Waals surface area (Å²) in [5.41, 5.74) is 1.77. The summed E-state index contributed by atoms with van der Waals surface area (Å²) in [5, 5.41) is 0.